The summed E-state index contributed by atoms with van der Waals surface area (Å²) in [6.07, 6.45) is 5.05. The van der Waals surface area contributed by atoms with Crippen molar-refractivity contribution < 1.29 is 9.59 Å². The van der Waals surface area contributed by atoms with Crippen molar-refractivity contribution >= 4 is 22.7 Å². The van der Waals surface area contributed by atoms with E-state index in [9.17, 15) is 9.59 Å². The van der Waals surface area contributed by atoms with Crippen LogP contribution in [0.5, 0.6) is 0 Å². The largest absolute Gasteiger partial charge is 0.356 e. The predicted octanol–water partition coefficient (Wildman–Crippen LogP) is 2.89. The van der Waals surface area contributed by atoms with Crippen LogP contribution in [0.15, 0.2) is 36.5 Å². The highest BCUT2D eigenvalue weighted by Crippen LogP contribution is 2.23. The van der Waals surface area contributed by atoms with E-state index < -0.39 is 0 Å². The minimum atomic E-state index is -0.110. The Morgan fingerprint density at radius 3 is 2.90 bits per heavy atom. The third-order valence-corrected chi connectivity index (χ3v) is 5.81. The molecular formula is C23H28N6O2. The molecule has 0 radical (unpaired) electrons. The molecule has 8 nitrogen and oxygen atoms in total. The zero-order valence-corrected chi connectivity index (χ0v) is 18.0. The van der Waals surface area contributed by atoms with E-state index in [-0.39, 0.29) is 17.7 Å². The van der Waals surface area contributed by atoms with Gasteiger partial charge in [0.25, 0.3) is 5.91 Å². The van der Waals surface area contributed by atoms with Crippen molar-refractivity contribution in [2.75, 3.05) is 19.6 Å². The first kappa shape index (κ1) is 21.0. The van der Waals surface area contributed by atoms with Crippen molar-refractivity contribution in [1.82, 2.24) is 30.2 Å². The lowest BCUT2D eigenvalue weighted by Gasteiger charge is -2.32. The molecule has 8 heteroatoms. The number of piperidine rings is 1. The molecule has 1 unspecified atom stereocenters. The molecule has 2 aromatic heterocycles. The number of likely N-dealkylation sites (tertiary alicyclic amines) is 1. The van der Waals surface area contributed by atoms with Gasteiger partial charge >= 0.3 is 0 Å². The van der Waals surface area contributed by atoms with Gasteiger partial charge in [0.2, 0.25) is 5.91 Å². The molecule has 1 N–H and O–H groups in total. The van der Waals surface area contributed by atoms with Gasteiger partial charge in [-0.05, 0) is 44.2 Å². The number of nitrogens with one attached hydrogen (secondary N) is 1. The Morgan fingerprint density at radius 1 is 1.23 bits per heavy atom. The Bertz CT molecular complexity index is 1090. The van der Waals surface area contributed by atoms with Gasteiger partial charge in [0.05, 0.1) is 16.9 Å². The zero-order chi connectivity index (χ0) is 21.8. The molecule has 2 amide bonds. The standard InChI is InChI=1S/C23H28N6O2/c1-3-7-20(30)25-14-17-8-6-13-28(15-17)23(31)21-16(2)29(27-26-21)19-11-4-9-18-10-5-12-24-22(18)19/h4-5,9-12,17H,3,6-8,13-15H2,1-2H3,(H,25,30). The van der Waals surface area contributed by atoms with Crippen molar-refractivity contribution in [3.05, 3.63) is 47.9 Å². The van der Waals surface area contributed by atoms with Crippen molar-refractivity contribution in [2.45, 2.75) is 39.5 Å². The SMILES string of the molecule is CCCC(=O)NCC1CCCN(C(=O)c2nnn(-c3cccc4cccnc34)c2C)C1. The maximum atomic E-state index is 13.2. The van der Waals surface area contributed by atoms with E-state index in [1.54, 1.807) is 10.9 Å². The maximum Gasteiger partial charge on any atom is 0.276 e. The summed E-state index contributed by atoms with van der Waals surface area (Å²) in [5.74, 6) is 0.228. The summed E-state index contributed by atoms with van der Waals surface area (Å²) >= 11 is 0. The zero-order valence-electron chi connectivity index (χ0n) is 18.0. The molecule has 4 rings (SSSR count). The molecule has 0 spiro atoms. The van der Waals surface area contributed by atoms with E-state index in [4.69, 9.17) is 0 Å². The molecule has 31 heavy (non-hydrogen) atoms. The van der Waals surface area contributed by atoms with Gasteiger partial charge in [0.1, 0.15) is 0 Å². The molecule has 0 bridgehead atoms. The first-order chi connectivity index (χ1) is 15.1. The summed E-state index contributed by atoms with van der Waals surface area (Å²) in [6, 6.07) is 9.77. The molecule has 1 fully saturated rings. The van der Waals surface area contributed by atoms with E-state index in [2.05, 4.69) is 20.6 Å². The molecule has 0 saturated carbocycles. The summed E-state index contributed by atoms with van der Waals surface area (Å²) in [5.41, 5.74) is 2.68. The second-order valence-corrected chi connectivity index (χ2v) is 8.10. The van der Waals surface area contributed by atoms with Crippen LogP contribution >= 0.6 is 0 Å². The number of hydrogen-bond acceptors (Lipinski definition) is 5. The molecule has 1 aromatic carbocycles. The fourth-order valence-electron chi connectivity index (χ4n) is 4.15. The van der Waals surface area contributed by atoms with E-state index in [0.29, 0.717) is 37.4 Å². The second-order valence-electron chi connectivity index (χ2n) is 8.10. The minimum Gasteiger partial charge on any atom is -0.356 e. The van der Waals surface area contributed by atoms with E-state index >= 15 is 0 Å². The highest BCUT2D eigenvalue weighted by atomic mass is 16.2. The number of pyridine rings is 1. The van der Waals surface area contributed by atoms with Crippen LogP contribution < -0.4 is 5.32 Å². The topological polar surface area (TPSA) is 93.0 Å². The molecular weight excluding hydrogens is 392 g/mol. The first-order valence-electron chi connectivity index (χ1n) is 10.9. The van der Waals surface area contributed by atoms with E-state index in [0.717, 1.165) is 35.9 Å². The van der Waals surface area contributed by atoms with Gasteiger partial charge in [-0.3, -0.25) is 14.6 Å². The van der Waals surface area contributed by atoms with Crippen LogP contribution in [0.2, 0.25) is 0 Å². The lowest BCUT2D eigenvalue weighted by Crippen LogP contribution is -2.44. The molecule has 1 aliphatic rings. The van der Waals surface area contributed by atoms with Crippen molar-refractivity contribution in [3.8, 4) is 5.69 Å². The fraction of sp³-hybridized carbons (Fsp3) is 0.435. The number of para-hydroxylation sites is 1. The number of carbonyl (C=O) groups excluding carboxylic acids is 2. The van der Waals surface area contributed by atoms with Gasteiger partial charge in [0, 0.05) is 37.6 Å². The lowest BCUT2D eigenvalue weighted by molar-refractivity contribution is -0.121. The highest BCUT2D eigenvalue weighted by Gasteiger charge is 2.28. The number of amides is 2. The quantitative estimate of drug-likeness (QED) is 0.662. The van der Waals surface area contributed by atoms with Crippen LogP contribution in [0.4, 0.5) is 0 Å². The number of benzene rings is 1. The van der Waals surface area contributed by atoms with Gasteiger partial charge < -0.3 is 10.2 Å². The Balaban J connectivity index is 1.51. The van der Waals surface area contributed by atoms with Crippen molar-refractivity contribution in [1.29, 1.82) is 0 Å². The third kappa shape index (κ3) is 4.42. The average molecular weight is 421 g/mol. The molecule has 1 atom stereocenters. The Hall–Kier alpha value is -3.29. The molecule has 1 saturated heterocycles. The number of hydrogen-bond donors (Lipinski definition) is 1. The number of fused-ring (bicyclic) bond motifs is 1. The van der Waals surface area contributed by atoms with E-state index in [1.165, 1.54) is 0 Å². The Kier molecular flexibility index (Phi) is 6.25. The van der Waals surface area contributed by atoms with E-state index in [1.807, 2.05) is 49.1 Å². The Labute approximate surface area is 181 Å². The molecule has 3 heterocycles. The maximum absolute atomic E-state index is 13.2. The van der Waals surface area contributed by atoms with Gasteiger partial charge in [-0.1, -0.05) is 30.3 Å². The third-order valence-electron chi connectivity index (χ3n) is 5.81. The number of aromatic nitrogens is 4. The lowest BCUT2D eigenvalue weighted by atomic mass is 9.97. The molecule has 3 aromatic rings. The van der Waals surface area contributed by atoms with Gasteiger partial charge in [-0.25, -0.2) is 4.68 Å². The van der Waals surface area contributed by atoms with Crippen molar-refractivity contribution in [2.24, 2.45) is 5.92 Å². The predicted molar refractivity (Wildman–Crippen MR) is 118 cm³/mol. The summed E-state index contributed by atoms with van der Waals surface area (Å²) < 4.78 is 1.69. The number of rotatable bonds is 6. The van der Waals surface area contributed by atoms with Crippen LogP contribution in [-0.2, 0) is 4.79 Å². The summed E-state index contributed by atoms with van der Waals surface area (Å²) in [5, 5.41) is 12.5. The summed E-state index contributed by atoms with van der Waals surface area (Å²) in [6.45, 7) is 5.77. The first-order valence-corrected chi connectivity index (χ1v) is 10.9. The normalized spacial score (nSPS) is 16.5. The van der Waals surface area contributed by atoms with Gasteiger partial charge in [-0.15, -0.1) is 5.10 Å². The smallest absolute Gasteiger partial charge is 0.276 e. The monoisotopic (exact) mass is 420 g/mol. The van der Waals surface area contributed by atoms with Crippen LogP contribution in [-0.4, -0.2) is 56.3 Å². The van der Waals surface area contributed by atoms with Crippen LogP contribution in [0.3, 0.4) is 0 Å². The summed E-state index contributed by atoms with van der Waals surface area (Å²) in [4.78, 5) is 31.3. The average Bonchev–Trinajstić information content (AvgIpc) is 3.18. The van der Waals surface area contributed by atoms with Crippen molar-refractivity contribution in [3.63, 3.8) is 0 Å². The summed E-state index contributed by atoms with van der Waals surface area (Å²) in [7, 11) is 0. The second kappa shape index (κ2) is 9.24. The Morgan fingerprint density at radius 2 is 2.06 bits per heavy atom. The molecule has 1 aliphatic heterocycles. The minimum absolute atomic E-state index is 0.0773. The van der Waals surface area contributed by atoms with Crippen LogP contribution in [0, 0.1) is 12.8 Å². The molecule has 0 aliphatic carbocycles. The van der Waals surface area contributed by atoms with Crippen LogP contribution in [0.1, 0.15) is 48.8 Å². The molecule has 162 valence electrons. The van der Waals surface area contributed by atoms with Crippen LogP contribution in [0.25, 0.3) is 16.6 Å². The van der Waals surface area contributed by atoms with Gasteiger partial charge in [0.15, 0.2) is 5.69 Å². The number of carbonyl (C=O) groups is 2. The highest BCUT2D eigenvalue weighted by molar-refractivity contribution is 5.94. The number of nitrogens with zero attached hydrogens (tertiary/aromatic N) is 5. The van der Waals surface area contributed by atoms with Gasteiger partial charge in [-0.2, -0.15) is 0 Å². The fourth-order valence-corrected chi connectivity index (χ4v) is 4.15.